The van der Waals surface area contributed by atoms with Crippen LogP contribution in [-0.2, 0) is 11.2 Å². The van der Waals surface area contributed by atoms with Gasteiger partial charge in [0.2, 0.25) is 0 Å². The van der Waals surface area contributed by atoms with Gasteiger partial charge in [0, 0.05) is 19.7 Å². The zero-order valence-electron chi connectivity index (χ0n) is 12.4. The number of hydrogen-bond acceptors (Lipinski definition) is 2. The van der Waals surface area contributed by atoms with E-state index in [0.29, 0.717) is 26.3 Å². The number of amides is 2. The summed E-state index contributed by atoms with van der Waals surface area (Å²) in [7, 11) is 0. The lowest BCUT2D eigenvalue weighted by atomic mass is 10.0. The smallest absolute Gasteiger partial charge is 0.314 e. The summed E-state index contributed by atoms with van der Waals surface area (Å²) < 4.78 is 5.16. The third-order valence-electron chi connectivity index (χ3n) is 3.30. The van der Waals surface area contributed by atoms with Crippen LogP contribution < -0.4 is 10.6 Å². The highest BCUT2D eigenvalue weighted by molar-refractivity contribution is 5.85. The summed E-state index contributed by atoms with van der Waals surface area (Å²) in [5.74, 6) is 0. The summed E-state index contributed by atoms with van der Waals surface area (Å²) >= 11 is 0. The molecule has 0 fully saturated rings. The molecule has 2 rings (SSSR count). The van der Waals surface area contributed by atoms with E-state index in [1.54, 1.807) is 0 Å². The second-order valence-electron chi connectivity index (χ2n) is 4.77. The first kappa shape index (κ1) is 15.3. The molecule has 0 spiro atoms. The molecule has 0 aromatic heterocycles. The first-order valence-corrected chi connectivity index (χ1v) is 7.37. The normalized spacial score (nSPS) is 10.5. The molecule has 0 bridgehead atoms. The second kappa shape index (κ2) is 8.27. The summed E-state index contributed by atoms with van der Waals surface area (Å²) in [4.78, 5) is 11.6. The van der Waals surface area contributed by atoms with Crippen molar-refractivity contribution in [1.29, 1.82) is 0 Å². The van der Waals surface area contributed by atoms with Crippen molar-refractivity contribution in [3.8, 4) is 0 Å². The van der Waals surface area contributed by atoms with Crippen molar-refractivity contribution >= 4 is 16.8 Å². The van der Waals surface area contributed by atoms with Crippen LogP contribution in [0.4, 0.5) is 4.79 Å². The summed E-state index contributed by atoms with van der Waals surface area (Å²) in [6, 6.07) is 14.4. The van der Waals surface area contributed by atoms with Gasteiger partial charge in [-0.2, -0.15) is 0 Å². The van der Waals surface area contributed by atoms with E-state index in [4.69, 9.17) is 4.74 Å². The Bertz CT molecular complexity index is 579. The van der Waals surface area contributed by atoms with Crippen LogP contribution in [0.25, 0.3) is 10.8 Å². The lowest BCUT2D eigenvalue weighted by molar-refractivity contribution is 0.149. The van der Waals surface area contributed by atoms with Crippen molar-refractivity contribution in [2.75, 3.05) is 26.3 Å². The molecule has 21 heavy (non-hydrogen) atoms. The average molecular weight is 286 g/mol. The average Bonchev–Trinajstić information content (AvgIpc) is 2.52. The predicted octanol–water partition coefficient (Wildman–Crippen LogP) is 2.72. The molecule has 2 N–H and O–H groups in total. The molecule has 4 nitrogen and oxygen atoms in total. The number of ether oxygens (including phenoxy) is 1. The van der Waals surface area contributed by atoms with Gasteiger partial charge < -0.3 is 15.4 Å². The van der Waals surface area contributed by atoms with Gasteiger partial charge in [-0.25, -0.2) is 4.79 Å². The van der Waals surface area contributed by atoms with Gasteiger partial charge >= 0.3 is 6.03 Å². The Hall–Kier alpha value is -2.07. The largest absolute Gasteiger partial charge is 0.380 e. The minimum absolute atomic E-state index is 0.144. The van der Waals surface area contributed by atoms with E-state index in [9.17, 15) is 4.79 Å². The van der Waals surface area contributed by atoms with Crippen molar-refractivity contribution in [1.82, 2.24) is 10.6 Å². The molecule has 2 aromatic rings. The summed E-state index contributed by atoms with van der Waals surface area (Å²) in [5.41, 5.74) is 1.25. The van der Waals surface area contributed by atoms with E-state index >= 15 is 0 Å². The number of fused-ring (bicyclic) bond motifs is 1. The molecule has 112 valence electrons. The highest BCUT2D eigenvalue weighted by Crippen LogP contribution is 2.18. The highest BCUT2D eigenvalue weighted by Gasteiger charge is 2.02. The van der Waals surface area contributed by atoms with Crippen LogP contribution in [0.15, 0.2) is 42.5 Å². The van der Waals surface area contributed by atoms with Gasteiger partial charge in [-0.05, 0) is 29.7 Å². The van der Waals surface area contributed by atoms with Crippen molar-refractivity contribution < 1.29 is 9.53 Å². The molecule has 2 amide bonds. The molecule has 4 heteroatoms. The van der Waals surface area contributed by atoms with E-state index in [0.717, 1.165) is 6.42 Å². The Morgan fingerprint density at radius 2 is 1.81 bits per heavy atom. The molecule has 0 aliphatic carbocycles. The van der Waals surface area contributed by atoms with Gasteiger partial charge in [0.05, 0.1) is 6.61 Å². The van der Waals surface area contributed by atoms with Gasteiger partial charge in [0.15, 0.2) is 0 Å². The van der Waals surface area contributed by atoms with Crippen LogP contribution in [0, 0.1) is 0 Å². The van der Waals surface area contributed by atoms with Crippen molar-refractivity contribution in [2.45, 2.75) is 13.3 Å². The molecular weight excluding hydrogens is 264 g/mol. The van der Waals surface area contributed by atoms with Gasteiger partial charge in [-0.15, -0.1) is 0 Å². The Morgan fingerprint density at radius 3 is 2.67 bits per heavy atom. The topological polar surface area (TPSA) is 50.4 Å². The molecule has 0 atom stereocenters. The van der Waals surface area contributed by atoms with Crippen molar-refractivity contribution in [2.24, 2.45) is 0 Å². The van der Waals surface area contributed by atoms with Crippen molar-refractivity contribution in [3.63, 3.8) is 0 Å². The molecule has 0 radical (unpaired) electrons. The fourth-order valence-corrected chi connectivity index (χ4v) is 2.26. The third kappa shape index (κ3) is 4.76. The molecule has 0 saturated heterocycles. The number of hydrogen-bond donors (Lipinski definition) is 2. The number of rotatable bonds is 7. The maximum absolute atomic E-state index is 11.6. The Kier molecular flexibility index (Phi) is 6.03. The number of carbonyl (C=O) groups is 1. The first-order chi connectivity index (χ1) is 10.3. The SMILES string of the molecule is CCOCCNC(=O)NCCc1cccc2ccccc12. The third-order valence-corrected chi connectivity index (χ3v) is 3.30. The Labute approximate surface area is 125 Å². The maximum atomic E-state index is 11.6. The van der Waals surface area contributed by atoms with E-state index in [1.807, 2.05) is 19.1 Å². The van der Waals surface area contributed by atoms with Gasteiger partial charge in [0.25, 0.3) is 0 Å². The van der Waals surface area contributed by atoms with E-state index in [-0.39, 0.29) is 6.03 Å². The molecule has 0 heterocycles. The van der Waals surface area contributed by atoms with Gasteiger partial charge in [-0.3, -0.25) is 0 Å². The number of carbonyl (C=O) groups excluding carboxylic acids is 1. The summed E-state index contributed by atoms with van der Waals surface area (Å²) in [6.07, 6.45) is 0.820. The molecule has 0 saturated carbocycles. The quantitative estimate of drug-likeness (QED) is 0.769. The maximum Gasteiger partial charge on any atom is 0.314 e. The highest BCUT2D eigenvalue weighted by atomic mass is 16.5. The fraction of sp³-hybridized carbons (Fsp3) is 0.353. The molecule has 0 aliphatic rings. The number of benzene rings is 2. The zero-order valence-corrected chi connectivity index (χ0v) is 12.4. The zero-order chi connectivity index (χ0) is 14.9. The lowest BCUT2D eigenvalue weighted by Gasteiger charge is -2.09. The van der Waals surface area contributed by atoms with Gasteiger partial charge in [-0.1, -0.05) is 42.5 Å². The number of nitrogens with one attached hydrogen (secondary N) is 2. The molecule has 0 aliphatic heterocycles. The van der Waals surface area contributed by atoms with Crippen LogP contribution >= 0.6 is 0 Å². The van der Waals surface area contributed by atoms with E-state index in [1.165, 1.54) is 16.3 Å². The second-order valence-corrected chi connectivity index (χ2v) is 4.77. The van der Waals surface area contributed by atoms with Crippen LogP contribution in [0.2, 0.25) is 0 Å². The molecule has 0 unspecified atom stereocenters. The van der Waals surface area contributed by atoms with E-state index < -0.39 is 0 Å². The fourth-order valence-electron chi connectivity index (χ4n) is 2.26. The van der Waals surface area contributed by atoms with E-state index in [2.05, 4.69) is 41.0 Å². The van der Waals surface area contributed by atoms with Crippen molar-refractivity contribution in [3.05, 3.63) is 48.0 Å². The standard InChI is InChI=1S/C17H22N2O2/c1-2-21-13-12-19-17(20)18-11-10-15-8-5-7-14-6-3-4-9-16(14)15/h3-9H,2,10-13H2,1H3,(H2,18,19,20). The molecular formula is C17H22N2O2. The van der Waals surface area contributed by atoms with Crippen LogP contribution in [-0.4, -0.2) is 32.3 Å². The molecule has 2 aromatic carbocycles. The number of urea groups is 1. The van der Waals surface area contributed by atoms with Crippen LogP contribution in [0.1, 0.15) is 12.5 Å². The summed E-state index contributed by atoms with van der Waals surface area (Å²) in [6.45, 7) is 4.31. The Balaban J connectivity index is 1.78. The predicted molar refractivity (Wildman–Crippen MR) is 85.5 cm³/mol. The van der Waals surface area contributed by atoms with Crippen LogP contribution in [0.3, 0.4) is 0 Å². The monoisotopic (exact) mass is 286 g/mol. The summed E-state index contributed by atoms with van der Waals surface area (Å²) in [5, 5.41) is 8.11. The first-order valence-electron chi connectivity index (χ1n) is 7.37. The van der Waals surface area contributed by atoms with Crippen LogP contribution in [0.5, 0.6) is 0 Å². The Morgan fingerprint density at radius 1 is 1.05 bits per heavy atom. The van der Waals surface area contributed by atoms with Gasteiger partial charge in [0.1, 0.15) is 0 Å². The minimum atomic E-state index is -0.144. The lowest BCUT2D eigenvalue weighted by Crippen LogP contribution is -2.38. The minimum Gasteiger partial charge on any atom is -0.380 e.